The van der Waals surface area contributed by atoms with Crippen LogP contribution in [0.15, 0.2) is 24.3 Å². The van der Waals surface area contributed by atoms with Crippen molar-refractivity contribution in [3.05, 3.63) is 35.6 Å². The first kappa shape index (κ1) is 15.1. The Morgan fingerprint density at radius 2 is 1.89 bits per heavy atom. The number of hydrogen-bond donors (Lipinski definition) is 1. The molecule has 1 aromatic carbocycles. The molecule has 0 bridgehead atoms. The van der Waals surface area contributed by atoms with E-state index in [4.69, 9.17) is 4.74 Å². The normalized spacial score (nSPS) is 13.6. The molecule has 0 aliphatic carbocycles. The van der Waals surface area contributed by atoms with Crippen LogP contribution < -0.4 is 5.32 Å². The van der Waals surface area contributed by atoms with Gasteiger partial charge >= 0.3 is 0 Å². The zero-order valence-electron chi connectivity index (χ0n) is 11.8. The highest BCUT2D eigenvalue weighted by Crippen LogP contribution is 2.09. The molecule has 1 unspecified atom stereocenters. The topological polar surface area (TPSA) is 21.3 Å². The number of rotatable bonds is 7. The fourth-order valence-electron chi connectivity index (χ4n) is 1.91. The SMILES string of the molecule is CCOC(C)(C)CNC(C)Cc1ccc(F)cc1. The number of benzene rings is 1. The highest BCUT2D eigenvalue weighted by molar-refractivity contribution is 5.17. The molecular formula is C15H24FNO. The van der Waals surface area contributed by atoms with Gasteiger partial charge in [0, 0.05) is 19.2 Å². The molecule has 0 amide bonds. The van der Waals surface area contributed by atoms with Crippen molar-refractivity contribution >= 4 is 0 Å². The molecule has 2 nitrogen and oxygen atoms in total. The molecule has 0 saturated heterocycles. The molecule has 0 radical (unpaired) electrons. The molecule has 0 heterocycles. The first-order valence-corrected chi connectivity index (χ1v) is 6.55. The number of hydrogen-bond acceptors (Lipinski definition) is 2. The summed E-state index contributed by atoms with van der Waals surface area (Å²) in [5, 5.41) is 3.45. The minimum atomic E-state index is -0.183. The largest absolute Gasteiger partial charge is 0.375 e. The van der Waals surface area contributed by atoms with Crippen LogP contribution in [0, 0.1) is 5.82 Å². The van der Waals surface area contributed by atoms with Crippen LogP contribution >= 0.6 is 0 Å². The van der Waals surface area contributed by atoms with Crippen LogP contribution in [0.4, 0.5) is 4.39 Å². The predicted molar refractivity (Wildman–Crippen MR) is 73.3 cm³/mol. The molecule has 0 aliphatic heterocycles. The van der Waals surface area contributed by atoms with Crippen LogP contribution in [-0.4, -0.2) is 24.8 Å². The second-order valence-corrected chi connectivity index (χ2v) is 5.31. The zero-order chi connectivity index (χ0) is 13.6. The van der Waals surface area contributed by atoms with Gasteiger partial charge in [0.1, 0.15) is 5.82 Å². The van der Waals surface area contributed by atoms with Crippen molar-refractivity contribution in [1.29, 1.82) is 0 Å². The highest BCUT2D eigenvalue weighted by Gasteiger charge is 2.18. The minimum absolute atomic E-state index is 0.147. The first-order valence-electron chi connectivity index (χ1n) is 6.55. The maximum Gasteiger partial charge on any atom is 0.123 e. The van der Waals surface area contributed by atoms with Crippen molar-refractivity contribution in [2.45, 2.75) is 45.8 Å². The second kappa shape index (κ2) is 6.86. The van der Waals surface area contributed by atoms with E-state index >= 15 is 0 Å². The van der Waals surface area contributed by atoms with Crippen LogP contribution in [0.2, 0.25) is 0 Å². The smallest absolute Gasteiger partial charge is 0.123 e. The van der Waals surface area contributed by atoms with E-state index in [1.54, 1.807) is 0 Å². The van der Waals surface area contributed by atoms with E-state index in [1.807, 2.05) is 19.1 Å². The van der Waals surface area contributed by atoms with E-state index < -0.39 is 0 Å². The average Bonchev–Trinajstić information content (AvgIpc) is 2.30. The Bertz CT molecular complexity index is 348. The van der Waals surface area contributed by atoms with E-state index in [1.165, 1.54) is 12.1 Å². The molecule has 1 N–H and O–H groups in total. The third kappa shape index (κ3) is 5.61. The number of nitrogens with one attached hydrogen (secondary N) is 1. The summed E-state index contributed by atoms with van der Waals surface area (Å²) in [4.78, 5) is 0. The molecule has 0 aliphatic rings. The third-order valence-electron chi connectivity index (χ3n) is 2.87. The van der Waals surface area contributed by atoms with Crippen LogP contribution in [0.25, 0.3) is 0 Å². The molecule has 3 heteroatoms. The van der Waals surface area contributed by atoms with Gasteiger partial charge in [0.05, 0.1) is 5.60 Å². The standard InChI is InChI=1S/C15H24FNO/c1-5-18-15(3,4)11-17-12(2)10-13-6-8-14(16)9-7-13/h6-9,12,17H,5,10-11H2,1-4H3. The summed E-state index contributed by atoms with van der Waals surface area (Å²) < 4.78 is 18.4. The van der Waals surface area contributed by atoms with E-state index in [0.29, 0.717) is 6.04 Å². The molecule has 1 rings (SSSR count). The van der Waals surface area contributed by atoms with Gasteiger partial charge in [0.2, 0.25) is 0 Å². The van der Waals surface area contributed by atoms with Crippen molar-refractivity contribution in [3.63, 3.8) is 0 Å². The van der Waals surface area contributed by atoms with Gasteiger partial charge < -0.3 is 10.1 Å². The van der Waals surface area contributed by atoms with Gasteiger partial charge in [0.15, 0.2) is 0 Å². The van der Waals surface area contributed by atoms with Crippen molar-refractivity contribution in [3.8, 4) is 0 Å². The van der Waals surface area contributed by atoms with Crippen molar-refractivity contribution in [1.82, 2.24) is 5.32 Å². The Morgan fingerprint density at radius 1 is 1.28 bits per heavy atom. The molecule has 1 atom stereocenters. The van der Waals surface area contributed by atoms with Crippen LogP contribution in [0.1, 0.15) is 33.3 Å². The first-order chi connectivity index (χ1) is 8.43. The Labute approximate surface area is 110 Å². The molecule has 18 heavy (non-hydrogen) atoms. The summed E-state index contributed by atoms with van der Waals surface area (Å²) >= 11 is 0. The van der Waals surface area contributed by atoms with Gasteiger partial charge in [-0.3, -0.25) is 0 Å². The maximum absolute atomic E-state index is 12.8. The summed E-state index contributed by atoms with van der Waals surface area (Å²) in [6, 6.07) is 7.02. The van der Waals surface area contributed by atoms with E-state index in [9.17, 15) is 4.39 Å². The fourth-order valence-corrected chi connectivity index (χ4v) is 1.91. The molecule has 0 aromatic heterocycles. The lowest BCUT2D eigenvalue weighted by Crippen LogP contribution is -2.42. The van der Waals surface area contributed by atoms with Crippen LogP contribution in [-0.2, 0) is 11.2 Å². The van der Waals surface area contributed by atoms with E-state index in [2.05, 4.69) is 26.1 Å². The average molecular weight is 253 g/mol. The third-order valence-corrected chi connectivity index (χ3v) is 2.87. The van der Waals surface area contributed by atoms with Gasteiger partial charge in [0.25, 0.3) is 0 Å². The van der Waals surface area contributed by atoms with Gasteiger partial charge in [-0.15, -0.1) is 0 Å². The lowest BCUT2D eigenvalue weighted by molar-refractivity contribution is -0.0102. The van der Waals surface area contributed by atoms with E-state index in [0.717, 1.165) is 25.1 Å². The van der Waals surface area contributed by atoms with Crippen molar-refractivity contribution < 1.29 is 9.13 Å². The van der Waals surface area contributed by atoms with Crippen molar-refractivity contribution in [2.24, 2.45) is 0 Å². The molecule has 0 saturated carbocycles. The highest BCUT2D eigenvalue weighted by atomic mass is 19.1. The number of ether oxygens (including phenoxy) is 1. The quantitative estimate of drug-likeness (QED) is 0.806. The lowest BCUT2D eigenvalue weighted by Gasteiger charge is -2.27. The summed E-state index contributed by atoms with van der Waals surface area (Å²) in [5.74, 6) is -0.183. The molecule has 0 spiro atoms. The van der Waals surface area contributed by atoms with Gasteiger partial charge in [-0.1, -0.05) is 12.1 Å². The van der Waals surface area contributed by atoms with Crippen LogP contribution in [0.5, 0.6) is 0 Å². The minimum Gasteiger partial charge on any atom is -0.375 e. The monoisotopic (exact) mass is 253 g/mol. The van der Waals surface area contributed by atoms with Gasteiger partial charge in [-0.05, 0) is 51.8 Å². The Kier molecular flexibility index (Phi) is 5.76. The molecule has 102 valence electrons. The van der Waals surface area contributed by atoms with Crippen LogP contribution in [0.3, 0.4) is 0 Å². The molecular weight excluding hydrogens is 229 g/mol. The maximum atomic E-state index is 12.8. The molecule has 0 fully saturated rings. The Hall–Kier alpha value is -0.930. The second-order valence-electron chi connectivity index (χ2n) is 5.31. The predicted octanol–water partition coefficient (Wildman–Crippen LogP) is 3.16. The molecule has 1 aromatic rings. The van der Waals surface area contributed by atoms with Crippen molar-refractivity contribution in [2.75, 3.05) is 13.2 Å². The van der Waals surface area contributed by atoms with E-state index in [-0.39, 0.29) is 11.4 Å². The summed E-state index contributed by atoms with van der Waals surface area (Å²) in [7, 11) is 0. The fraction of sp³-hybridized carbons (Fsp3) is 0.600. The van der Waals surface area contributed by atoms with Gasteiger partial charge in [-0.2, -0.15) is 0 Å². The Balaban J connectivity index is 2.37. The number of halogens is 1. The lowest BCUT2D eigenvalue weighted by atomic mass is 10.1. The summed E-state index contributed by atoms with van der Waals surface area (Å²) in [6.07, 6.45) is 0.891. The zero-order valence-corrected chi connectivity index (χ0v) is 11.8. The van der Waals surface area contributed by atoms with Gasteiger partial charge in [-0.25, -0.2) is 4.39 Å². The summed E-state index contributed by atoms with van der Waals surface area (Å²) in [5.41, 5.74) is 0.997. The Morgan fingerprint density at radius 3 is 2.44 bits per heavy atom. The summed E-state index contributed by atoms with van der Waals surface area (Å²) in [6.45, 7) is 9.82.